The van der Waals surface area contributed by atoms with Gasteiger partial charge in [-0.15, -0.1) is 0 Å². The van der Waals surface area contributed by atoms with Crippen molar-refractivity contribution in [2.24, 2.45) is 0 Å². The Kier molecular flexibility index (Phi) is 7.29. The number of hydrogen-bond acceptors (Lipinski definition) is 6. The van der Waals surface area contributed by atoms with E-state index in [4.69, 9.17) is 14.6 Å². The van der Waals surface area contributed by atoms with E-state index in [1.165, 1.54) is 3.97 Å². The van der Waals surface area contributed by atoms with Gasteiger partial charge in [-0.05, 0) is 32.8 Å². The van der Waals surface area contributed by atoms with Gasteiger partial charge in [0.15, 0.2) is 0 Å². The monoisotopic (exact) mass is 506 g/mol. The lowest BCUT2D eigenvalue weighted by Crippen LogP contribution is -2.53. The highest BCUT2D eigenvalue weighted by Gasteiger charge is 2.40. The van der Waals surface area contributed by atoms with Gasteiger partial charge in [0.05, 0.1) is 35.2 Å². The van der Waals surface area contributed by atoms with Gasteiger partial charge < -0.3 is 20.3 Å². The second-order valence-corrected chi connectivity index (χ2v) is 10.8. The van der Waals surface area contributed by atoms with Crippen LogP contribution < -0.4 is 5.32 Å². The summed E-state index contributed by atoms with van der Waals surface area (Å²) < 4.78 is 65.1. The van der Waals surface area contributed by atoms with Gasteiger partial charge in [-0.25, -0.2) is 22.0 Å². The van der Waals surface area contributed by atoms with Crippen molar-refractivity contribution in [3.8, 4) is 0 Å². The first-order chi connectivity index (χ1) is 15.7. The molecule has 0 radical (unpaired) electrons. The molecule has 34 heavy (non-hydrogen) atoms. The maximum Gasteiger partial charge on any atom is 0.490 e. The van der Waals surface area contributed by atoms with Gasteiger partial charge >= 0.3 is 18.1 Å². The molecule has 188 valence electrons. The summed E-state index contributed by atoms with van der Waals surface area (Å²) in [6, 6.07) is 7.09. The fraction of sp³-hybridized carbons (Fsp3) is 0.524. The molecular formula is C21H25F3N2O7S. The lowest BCUT2D eigenvalue weighted by atomic mass is 9.83. The van der Waals surface area contributed by atoms with Gasteiger partial charge in [0.25, 0.3) is 0 Å². The highest BCUT2D eigenvalue weighted by atomic mass is 32.2. The summed E-state index contributed by atoms with van der Waals surface area (Å²) >= 11 is 0. The van der Waals surface area contributed by atoms with Crippen LogP contribution >= 0.6 is 0 Å². The highest BCUT2D eigenvalue weighted by Crippen LogP contribution is 2.40. The van der Waals surface area contributed by atoms with Gasteiger partial charge in [-0.3, -0.25) is 0 Å². The largest absolute Gasteiger partial charge is 0.490 e. The standard InChI is InChI=1S/C19H24N2O5S.C2HF3O2/c1-11(2)27(24,25)21-16-6-4-3-5-15(16)17(19(22)23)18(21)12-7-13-9-26-10-14(8-12)20-13;3-2(4,5)1(6)7/h3-6,11-14,20H,7-10H2,1-2H3,(H,22,23);(H,6,7). The zero-order valence-corrected chi connectivity index (χ0v) is 19.2. The van der Waals surface area contributed by atoms with Crippen LogP contribution in [0.4, 0.5) is 13.2 Å². The molecular weight excluding hydrogens is 481 g/mol. The van der Waals surface area contributed by atoms with E-state index in [-0.39, 0.29) is 23.6 Å². The molecule has 0 amide bonds. The minimum Gasteiger partial charge on any atom is -0.478 e. The number of piperidine rings is 1. The minimum atomic E-state index is -5.08. The zero-order valence-electron chi connectivity index (χ0n) is 18.4. The normalized spacial score (nSPS) is 22.8. The molecule has 1 aromatic carbocycles. The average molecular weight is 506 g/mol. The van der Waals surface area contributed by atoms with Gasteiger partial charge in [-0.1, -0.05) is 18.2 Å². The fourth-order valence-corrected chi connectivity index (χ4v) is 5.74. The third-order valence-electron chi connectivity index (χ3n) is 5.81. The van der Waals surface area contributed by atoms with Crippen LogP contribution in [0.1, 0.15) is 48.7 Å². The number of halogens is 3. The number of nitrogens with zero attached hydrogens (tertiary/aromatic N) is 1. The molecule has 0 saturated carbocycles. The number of carboxylic acid groups (broad SMARTS) is 2. The van der Waals surface area contributed by atoms with E-state index < -0.39 is 33.4 Å². The molecule has 0 spiro atoms. The number of hydrogen-bond donors (Lipinski definition) is 3. The first kappa shape index (κ1) is 26.0. The molecule has 3 N–H and O–H groups in total. The number of benzene rings is 1. The van der Waals surface area contributed by atoms with E-state index in [0.717, 1.165) is 0 Å². The Bertz CT molecular complexity index is 1180. The van der Waals surface area contributed by atoms with Crippen molar-refractivity contribution >= 4 is 32.9 Å². The zero-order chi connectivity index (χ0) is 25.4. The molecule has 2 fully saturated rings. The third kappa shape index (κ3) is 5.05. The highest BCUT2D eigenvalue weighted by molar-refractivity contribution is 7.90. The van der Waals surface area contributed by atoms with E-state index in [0.29, 0.717) is 42.7 Å². The number of fused-ring (bicyclic) bond motifs is 3. The predicted molar refractivity (Wildman–Crippen MR) is 116 cm³/mol. The molecule has 1 aromatic heterocycles. The number of carbonyl (C=O) groups is 2. The molecule has 2 atom stereocenters. The minimum absolute atomic E-state index is 0.109. The summed E-state index contributed by atoms with van der Waals surface area (Å²) in [5, 5.41) is 20.4. The Morgan fingerprint density at radius 2 is 1.65 bits per heavy atom. The molecule has 9 nitrogen and oxygen atoms in total. The number of carboxylic acids is 2. The number of nitrogens with one attached hydrogen (secondary N) is 1. The van der Waals surface area contributed by atoms with Crippen molar-refractivity contribution in [2.75, 3.05) is 13.2 Å². The summed E-state index contributed by atoms with van der Waals surface area (Å²) in [6.45, 7) is 4.37. The first-order valence-corrected chi connectivity index (χ1v) is 12.0. The van der Waals surface area contributed by atoms with Crippen LogP contribution in [0, 0.1) is 0 Å². The lowest BCUT2D eigenvalue weighted by molar-refractivity contribution is -0.192. The van der Waals surface area contributed by atoms with E-state index >= 15 is 0 Å². The maximum atomic E-state index is 13.2. The van der Waals surface area contributed by atoms with Crippen LogP contribution in [0.3, 0.4) is 0 Å². The SMILES string of the molecule is CC(C)S(=O)(=O)n1c(C2CC3COCC(C2)N3)c(C(=O)O)c2ccccc21.O=C(O)C(F)(F)F. The Balaban J connectivity index is 0.000000406. The van der Waals surface area contributed by atoms with Crippen molar-refractivity contribution in [1.82, 2.24) is 9.29 Å². The number of rotatable bonds is 4. The molecule has 0 aliphatic carbocycles. The molecule has 2 saturated heterocycles. The molecule has 2 aliphatic heterocycles. The van der Waals surface area contributed by atoms with Gasteiger partial charge in [0.1, 0.15) is 0 Å². The summed E-state index contributed by atoms with van der Waals surface area (Å²) in [4.78, 5) is 21.1. The summed E-state index contributed by atoms with van der Waals surface area (Å²) in [5.41, 5.74) is 0.968. The van der Waals surface area contributed by atoms with E-state index in [1.807, 2.05) is 0 Å². The van der Waals surface area contributed by atoms with Crippen LogP contribution in [0.5, 0.6) is 0 Å². The molecule has 2 unspecified atom stereocenters. The van der Waals surface area contributed by atoms with Crippen LogP contribution in [0.25, 0.3) is 10.9 Å². The Morgan fingerprint density at radius 1 is 1.12 bits per heavy atom. The number of ether oxygens (including phenoxy) is 1. The number of aromatic carboxylic acids is 1. The molecule has 4 rings (SSSR count). The number of alkyl halides is 3. The van der Waals surface area contributed by atoms with Crippen molar-refractivity contribution in [3.05, 3.63) is 35.5 Å². The maximum absolute atomic E-state index is 13.2. The summed E-state index contributed by atoms with van der Waals surface area (Å²) in [5.74, 6) is -4.00. The molecule has 2 aliphatic rings. The van der Waals surface area contributed by atoms with E-state index in [2.05, 4.69) is 5.32 Å². The van der Waals surface area contributed by atoms with Crippen LogP contribution in [0.15, 0.2) is 24.3 Å². The molecule has 2 bridgehead atoms. The van der Waals surface area contributed by atoms with Gasteiger partial charge in [-0.2, -0.15) is 13.2 Å². The Morgan fingerprint density at radius 3 is 2.12 bits per heavy atom. The second-order valence-electron chi connectivity index (χ2n) is 8.51. The average Bonchev–Trinajstić information content (AvgIpc) is 3.09. The summed E-state index contributed by atoms with van der Waals surface area (Å²) in [7, 11) is -3.72. The van der Waals surface area contributed by atoms with Gasteiger partial charge in [0, 0.05) is 23.4 Å². The molecule has 13 heteroatoms. The van der Waals surface area contributed by atoms with Crippen molar-refractivity contribution in [2.45, 2.75) is 56.1 Å². The van der Waals surface area contributed by atoms with Gasteiger partial charge in [0.2, 0.25) is 10.0 Å². The van der Waals surface area contributed by atoms with Crippen LogP contribution in [-0.4, -0.2) is 71.3 Å². The van der Waals surface area contributed by atoms with Crippen molar-refractivity contribution in [1.29, 1.82) is 0 Å². The quantitative estimate of drug-likeness (QED) is 0.576. The topological polar surface area (TPSA) is 135 Å². The number of aliphatic carboxylic acids is 1. The van der Waals surface area contributed by atoms with Crippen molar-refractivity contribution < 1.29 is 46.1 Å². The lowest BCUT2D eigenvalue weighted by Gasteiger charge is -2.40. The molecule has 3 heterocycles. The fourth-order valence-electron chi connectivity index (χ4n) is 4.37. The van der Waals surface area contributed by atoms with Crippen LogP contribution in [-0.2, 0) is 19.6 Å². The van der Waals surface area contributed by atoms with E-state index in [9.17, 15) is 31.5 Å². The number of morpholine rings is 1. The predicted octanol–water partition coefficient (Wildman–Crippen LogP) is 2.79. The Labute approximate surface area is 193 Å². The first-order valence-electron chi connectivity index (χ1n) is 10.5. The Hall–Kier alpha value is -2.64. The second kappa shape index (κ2) is 9.55. The third-order valence-corrected chi connectivity index (χ3v) is 7.90. The number of aromatic nitrogens is 1. The summed E-state index contributed by atoms with van der Waals surface area (Å²) in [6.07, 6.45) is -3.78. The smallest absolute Gasteiger partial charge is 0.478 e. The van der Waals surface area contributed by atoms with E-state index in [1.54, 1.807) is 38.1 Å². The van der Waals surface area contributed by atoms with Crippen molar-refractivity contribution in [3.63, 3.8) is 0 Å². The van der Waals surface area contributed by atoms with Crippen LogP contribution in [0.2, 0.25) is 0 Å². The molecule has 2 aromatic rings. The number of para-hydroxylation sites is 1.